The summed E-state index contributed by atoms with van der Waals surface area (Å²) < 4.78 is 81.9. The molecule has 0 bridgehead atoms. The third-order valence-electron chi connectivity index (χ3n) is 8.42. The van der Waals surface area contributed by atoms with E-state index in [-0.39, 0.29) is 43.0 Å². The van der Waals surface area contributed by atoms with E-state index in [1.165, 1.54) is 11.9 Å². The first-order valence-corrected chi connectivity index (χ1v) is 15.5. The molecule has 0 unspecified atom stereocenters. The smallest absolute Gasteiger partial charge is 0.416 e. The number of hydrogen-bond acceptors (Lipinski definition) is 6. The average Bonchev–Trinajstić information content (AvgIpc) is 3.41. The van der Waals surface area contributed by atoms with Gasteiger partial charge >= 0.3 is 18.3 Å². The zero-order valence-electron chi connectivity index (χ0n) is 25.8. The second-order valence-electron chi connectivity index (χ2n) is 11.8. The van der Waals surface area contributed by atoms with Gasteiger partial charge in [0.25, 0.3) is 5.95 Å². The molecule has 4 rings (SSSR count). The molecule has 0 saturated heterocycles. The first-order valence-electron chi connectivity index (χ1n) is 15.1. The summed E-state index contributed by atoms with van der Waals surface area (Å²) in [6.07, 6.45) is -5.77. The Bertz CT molecular complexity index is 1470. The van der Waals surface area contributed by atoms with Crippen LogP contribution in [0.4, 0.5) is 38.0 Å². The van der Waals surface area contributed by atoms with Crippen LogP contribution in [0.3, 0.4) is 0 Å². The molecule has 1 N–H and O–H groups in total. The predicted molar refractivity (Wildman–Crippen MR) is 162 cm³/mol. The third kappa shape index (κ3) is 9.04. The summed E-state index contributed by atoms with van der Waals surface area (Å²) in [7, 11) is 1.50. The van der Waals surface area contributed by atoms with Gasteiger partial charge in [0.2, 0.25) is 0 Å². The van der Waals surface area contributed by atoms with Crippen LogP contribution >= 0.6 is 11.6 Å². The van der Waals surface area contributed by atoms with Gasteiger partial charge in [-0.05, 0) is 103 Å². The van der Waals surface area contributed by atoms with Crippen LogP contribution in [-0.2, 0) is 43.7 Å². The van der Waals surface area contributed by atoms with E-state index < -0.39 is 29.4 Å². The van der Waals surface area contributed by atoms with E-state index in [0.717, 1.165) is 41.7 Å². The van der Waals surface area contributed by atoms with Gasteiger partial charge < -0.3 is 14.9 Å². The summed E-state index contributed by atoms with van der Waals surface area (Å²) in [5, 5.41) is 21.7. The molecule has 1 heterocycles. The highest BCUT2D eigenvalue weighted by molar-refractivity contribution is 6.31. The molecule has 2 aromatic carbocycles. The number of aryl methyl sites for hydroxylation is 2. The fourth-order valence-corrected chi connectivity index (χ4v) is 6.37. The normalized spacial score (nSPS) is 17.3. The number of halogens is 7. The Kier molecular flexibility index (Phi) is 11.1. The highest BCUT2D eigenvalue weighted by atomic mass is 35.5. The molecule has 0 radical (unpaired) electrons. The van der Waals surface area contributed by atoms with Crippen molar-refractivity contribution in [2.24, 2.45) is 18.9 Å². The molecule has 0 amide bonds. The first kappa shape index (κ1) is 35.3. The zero-order valence-corrected chi connectivity index (χ0v) is 26.6. The fourth-order valence-electron chi connectivity index (χ4n) is 6.05. The topological polar surface area (TPSA) is 87.4 Å². The van der Waals surface area contributed by atoms with Gasteiger partial charge in [0.1, 0.15) is 0 Å². The lowest BCUT2D eigenvalue weighted by Crippen LogP contribution is -2.33. The number of hydrogen-bond donors (Lipinski definition) is 1. The number of rotatable bonds is 12. The molecular formula is C31H37ClF6N6O2. The van der Waals surface area contributed by atoms with E-state index >= 15 is 0 Å². The minimum Gasteiger partial charge on any atom is -0.481 e. The van der Waals surface area contributed by atoms with Crippen molar-refractivity contribution in [1.29, 1.82) is 0 Å². The number of alkyl halides is 6. The number of carboxylic acid groups (broad SMARTS) is 1. The Morgan fingerprint density at radius 1 is 0.913 bits per heavy atom. The maximum atomic E-state index is 13.6. The number of aliphatic carboxylic acids is 1. The Morgan fingerprint density at radius 2 is 1.52 bits per heavy atom. The summed E-state index contributed by atoms with van der Waals surface area (Å²) >= 11 is 6.65. The number of aromatic nitrogens is 4. The Morgan fingerprint density at radius 3 is 2.02 bits per heavy atom. The lowest BCUT2D eigenvalue weighted by Gasteiger charge is -2.35. The molecule has 0 atom stereocenters. The van der Waals surface area contributed by atoms with Gasteiger partial charge in [-0.2, -0.15) is 31.1 Å². The molecule has 1 saturated carbocycles. The molecule has 8 nitrogen and oxygen atoms in total. The van der Waals surface area contributed by atoms with Gasteiger partial charge in [-0.3, -0.25) is 4.79 Å². The van der Waals surface area contributed by atoms with Crippen molar-refractivity contribution >= 4 is 29.2 Å². The highest BCUT2D eigenvalue weighted by Gasteiger charge is 2.37. The van der Waals surface area contributed by atoms with Crippen LogP contribution < -0.4 is 9.80 Å². The molecule has 46 heavy (non-hydrogen) atoms. The van der Waals surface area contributed by atoms with Crippen LogP contribution in [0, 0.1) is 11.8 Å². The first-order chi connectivity index (χ1) is 21.6. The van der Waals surface area contributed by atoms with Crippen molar-refractivity contribution in [3.63, 3.8) is 0 Å². The SMILES string of the molecule is CCc1cc(N(CC)C[C@H]2CC[C@H](CC(=O)O)CC2)c(CN(Cc2cc(C(F)(F)F)cc(C(F)(F)F)c2)c2nnn(C)n2)cc1Cl. The molecular weight excluding hydrogens is 638 g/mol. The van der Waals surface area contributed by atoms with Crippen molar-refractivity contribution in [3.05, 3.63) is 63.2 Å². The molecule has 3 aromatic rings. The van der Waals surface area contributed by atoms with Gasteiger partial charge in [-0.15, -0.1) is 5.10 Å². The molecule has 252 valence electrons. The van der Waals surface area contributed by atoms with Gasteiger partial charge in [0.15, 0.2) is 0 Å². The van der Waals surface area contributed by atoms with E-state index in [4.69, 9.17) is 11.6 Å². The van der Waals surface area contributed by atoms with Crippen LogP contribution in [-0.4, -0.2) is 44.4 Å². The van der Waals surface area contributed by atoms with E-state index in [1.54, 1.807) is 6.07 Å². The summed E-state index contributed by atoms with van der Waals surface area (Å²) in [6, 6.07) is 5.26. The second-order valence-corrected chi connectivity index (χ2v) is 12.2. The number of anilines is 2. The number of nitrogens with zero attached hydrogens (tertiary/aromatic N) is 6. The zero-order chi connectivity index (χ0) is 33.8. The minimum absolute atomic E-state index is 0.0180. The molecule has 0 aliphatic heterocycles. The summed E-state index contributed by atoms with van der Waals surface area (Å²) in [6.45, 7) is 4.93. The van der Waals surface area contributed by atoms with Gasteiger partial charge in [0.05, 0.1) is 18.2 Å². The lowest BCUT2D eigenvalue weighted by molar-refractivity contribution is -0.143. The quantitative estimate of drug-likeness (QED) is 0.196. The molecule has 15 heteroatoms. The van der Waals surface area contributed by atoms with Crippen molar-refractivity contribution in [2.45, 2.75) is 77.8 Å². The number of carboxylic acids is 1. The van der Waals surface area contributed by atoms with E-state index in [1.807, 2.05) is 19.9 Å². The molecule has 0 spiro atoms. The average molecular weight is 675 g/mol. The lowest BCUT2D eigenvalue weighted by atomic mass is 9.80. The Labute approximate surface area is 268 Å². The van der Waals surface area contributed by atoms with Gasteiger partial charge in [-0.1, -0.05) is 23.6 Å². The summed E-state index contributed by atoms with van der Waals surface area (Å²) in [4.78, 5) is 16.0. The van der Waals surface area contributed by atoms with Crippen molar-refractivity contribution in [1.82, 2.24) is 20.2 Å². The fraction of sp³-hybridized carbons (Fsp3) is 0.548. The van der Waals surface area contributed by atoms with Crippen LogP contribution in [0.1, 0.15) is 73.8 Å². The molecule has 1 aliphatic rings. The van der Waals surface area contributed by atoms with Crippen molar-refractivity contribution in [3.8, 4) is 0 Å². The van der Waals surface area contributed by atoms with E-state index in [2.05, 4.69) is 20.3 Å². The van der Waals surface area contributed by atoms with Gasteiger partial charge in [-0.25, -0.2) is 0 Å². The Balaban J connectivity index is 1.70. The number of benzene rings is 2. The maximum Gasteiger partial charge on any atom is 0.416 e. The van der Waals surface area contributed by atoms with Crippen molar-refractivity contribution in [2.75, 3.05) is 22.9 Å². The maximum absolute atomic E-state index is 13.6. The number of tetrazole rings is 1. The monoisotopic (exact) mass is 674 g/mol. The number of carbonyl (C=O) groups is 1. The van der Waals surface area contributed by atoms with Crippen molar-refractivity contribution < 1.29 is 36.2 Å². The van der Waals surface area contributed by atoms with Crippen LogP contribution in [0.25, 0.3) is 0 Å². The highest BCUT2D eigenvalue weighted by Crippen LogP contribution is 2.38. The van der Waals surface area contributed by atoms with Crippen LogP contribution in [0.5, 0.6) is 0 Å². The molecule has 1 aliphatic carbocycles. The predicted octanol–water partition coefficient (Wildman–Crippen LogP) is 7.78. The Hall–Kier alpha value is -3.55. The molecule has 1 aromatic heterocycles. The second kappa shape index (κ2) is 14.5. The molecule has 1 fully saturated rings. The standard InChI is InChI=1S/C31H37ClF6N6O2/c1-4-22-14-27(43(5-2)16-20-8-6-19(7-9-20)12-28(45)46)23(13-26(22)32)18-44(29-39-41-42(3)40-29)17-21-10-24(30(33,34)35)15-25(11-21)31(36,37)38/h10-11,13-15,19-20H,4-9,12,16-18H2,1-3H3,(H,45,46)/t19-,20-. The largest absolute Gasteiger partial charge is 0.481 e. The third-order valence-corrected chi connectivity index (χ3v) is 8.77. The van der Waals surface area contributed by atoms with E-state index in [9.17, 15) is 36.2 Å². The summed E-state index contributed by atoms with van der Waals surface area (Å²) in [5.41, 5.74) is -0.616. The summed E-state index contributed by atoms with van der Waals surface area (Å²) in [5.74, 6) is -0.293. The van der Waals surface area contributed by atoms with Gasteiger partial charge in [0, 0.05) is 43.3 Å². The minimum atomic E-state index is -4.99. The van der Waals surface area contributed by atoms with E-state index in [0.29, 0.717) is 48.1 Å². The van der Waals surface area contributed by atoms with Crippen LogP contribution in [0.2, 0.25) is 5.02 Å². The van der Waals surface area contributed by atoms with Crippen LogP contribution in [0.15, 0.2) is 30.3 Å².